The van der Waals surface area contributed by atoms with Crippen molar-refractivity contribution in [3.63, 3.8) is 0 Å². The first kappa shape index (κ1) is 13.1. The predicted octanol–water partition coefficient (Wildman–Crippen LogP) is 2.96. The van der Waals surface area contributed by atoms with E-state index in [0.717, 1.165) is 0 Å². The second kappa shape index (κ2) is 4.28. The highest BCUT2D eigenvalue weighted by molar-refractivity contribution is 6.42. The fourth-order valence-corrected chi connectivity index (χ4v) is 3.14. The lowest BCUT2D eigenvalue weighted by molar-refractivity contribution is -0.115. The Morgan fingerprint density at radius 1 is 1.25 bits per heavy atom. The number of carbonyl (C=O) groups excluding carboxylic acids is 2. The number of aliphatic imine (C=N–C) groups is 1. The number of amides is 2. The van der Waals surface area contributed by atoms with Crippen LogP contribution in [0.15, 0.2) is 47.0 Å². The largest absolute Gasteiger partial charge is 0.349 e. The Bertz CT molecular complexity index is 666. The van der Waals surface area contributed by atoms with Crippen LogP contribution >= 0.6 is 11.6 Å². The zero-order chi connectivity index (χ0) is 14.5. The molecule has 1 aliphatic carbocycles. The van der Waals surface area contributed by atoms with Crippen molar-refractivity contribution in [2.75, 3.05) is 4.90 Å². The number of halogens is 1. The summed E-state index contributed by atoms with van der Waals surface area (Å²) in [6.07, 6.45) is 1.46. The van der Waals surface area contributed by atoms with Gasteiger partial charge in [0.1, 0.15) is 10.9 Å². The molecule has 3 rings (SSSR count). The number of para-hydroxylation sites is 1. The molecule has 4 nitrogen and oxygen atoms in total. The number of carbonyl (C=O) groups is 2. The van der Waals surface area contributed by atoms with E-state index in [4.69, 9.17) is 11.6 Å². The van der Waals surface area contributed by atoms with Crippen molar-refractivity contribution in [2.45, 2.75) is 24.8 Å². The van der Waals surface area contributed by atoms with E-state index < -0.39 is 10.9 Å². The van der Waals surface area contributed by atoms with Crippen LogP contribution in [0, 0.1) is 0 Å². The third-order valence-corrected chi connectivity index (χ3v) is 4.47. The second-order valence-electron chi connectivity index (χ2n) is 5.15. The lowest BCUT2D eigenvalue weighted by Crippen LogP contribution is -2.60. The topological polar surface area (TPSA) is 49.7 Å². The third-order valence-electron chi connectivity index (χ3n) is 3.83. The number of anilines is 1. The number of rotatable bonds is 1. The molecule has 0 aromatic heterocycles. The molecule has 0 bridgehead atoms. The number of urea groups is 1. The van der Waals surface area contributed by atoms with Gasteiger partial charge in [0, 0.05) is 5.69 Å². The maximum absolute atomic E-state index is 12.3. The van der Waals surface area contributed by atoms with Gasteiger partial charge in [0.05, 0.1) is 5.71 Å². The van der Waals surface area contributed by atoms with Crippen molar-refractivity contribution >= 4 is 34.8 Å². The molecule has 102 valence electrons. The van der Waals surface area contributed by atoms with Gasteiger partial charge in [-0.15, -0.1) is 11.6 Å². The molecule has 0 saturated carbocycles. The molecule has 2 amide bonds. The number of alkyl halides is 1. The van der Waals surface area contributed by atoms with Crippen molar-refractivity contribution in [2.24, 2.45) is 4.99 Å². The van der Waals surface area contributed by atoms with Crippen molar-refractivity contribution < 1.29 is 9.59 Å². The first-order valence-corrected chi connectivity index (χ1v) is 6.75. The minimum absolute atomic E-state index is 0.193. The standard InChI is InChI=1S/C15H13ClN2O2/c1-9-8-11(19)12(16)15(2)13(9)17-14(20)18(15)10-6-4-3-5-7-10/h3-8,12H,1-2H3. The van der Waals surface area contributed by atoms with Crippen LogP contribution in [0.3, 0.4) is 0 Å². The van der Waals surface area contributed by atoms with Crippen molar-refractivity contribution in [3.05, 3.63) is 42.0 Å². The molecule has 1 aliphatic heterocycles. The van der Waals surface area contributed by atoms with Gasteiger partial charge in [-0.3, -0.25) is 9.69 Å². The molecule has 2 aliphatic rings. The van der Waals surface area contributed by atoms with E-state index in [-0.39, 0.29) is 11.8 Å². The van der Waals surface area contributed by atoms with Gasteiger partial charge in [0.15, 0.2) is 5.78 Å². The Morgan fingerprint density at radius 2 is 1.90 bits per heavy atom. The minimum Gasteiger partial charge on any atom is -0.293 e. The zero-order valence-corrected chi connectivity index (χ0v) is 11.9. The van der Waals surface area contributed by atoms with Gasteiger partial charge in [-0.1, -0.05) is 18.2 Å². The summed E-state index contributed by atoms with van der Waals surface area (Å²) in [5.74, 6) is -0.193. The van der Waals surface area contributed by atoms with Gasteiger partial charge in [0.2, 0.25) is 0 Å². The van der Waals surface area contributed by atoms with Crippen LogP contribution in [0.1, 0.15) is 13.8 Å². The van der Waals surface area contributed by atoms with Gasteiger partial charge in [-0.25, -0.2) is 4.79 Å². The lowest BCUT2D eigenvalue weighted by Gasteiger charge is -2.40. The van der Waals surface area contributed by atoms with E-state index in [1.165, 1.54) is 11.0 Å². The molecule has 2 unspecified atom stereocenters. The molecule has 1 aromatic carbocycles. The van der Waals surface area contributed by atoms with Crippen molar-refractivity contribution in [3.8, 4) is 0 Å². The lowest BCUT2D eigenvalue weighted by atomic mass is 9.80. The summed E-state index contributed by atoms with van der Waals surface area (Å²) in [4.78, 5) is 29.9. The smallest absolute Gasteiger partial charge is 0.293 e. The Labute approximate surface area is 121 Å². The number of benzene rings is 1. The van der Waals surface area contributed by atoms with E-state index in [2.05, 4.69) is 4.99 Å². The number of nitrogens with zero attached hydrogens (tertiary/aromatic N) is 2. The van der Waals surface area contributed by atoms with Gasteiger partial charge < -0.3 is 0 Å². The van der Waals surface area contributed by atoms with Crippen LogP contribution in [0.25, 0.3) is 0 Å². The fourth-order valence-electron chi connectivity index (χ4n) is 2.87. The molecule has 1 aromatic rings. The predicted molar refractivity (Wildman–Crippen MR) is 78.6 cm³/mol. The Hall–Kier alpha value is -1.94. The zero-order valence-electron chi connectivity index (χ0n) is 11.1. The number of hydrogen-bond donors (Lipinski definition) is 0. The van der Waals surface area contributed by atoms with E-state index in [0.29, 0.717) is 17.0 Å². The minimum atomic E-state index is -0.935. The fraction of sp³-hybridized carbons (Fsp3) is 0.267. The van der Waals surface area contributed by atoms with E-state index in [1.807, 2.05) is 30.3 Å². The maximum atomic E-state index is 12.3. The highest BCUT2D eigenvalue weighted by Crippen LogP contribution is 2.40. The molecule has 0 N–H and O–H groups in total. The SMILES string of the molecule is CC1=CC(=O)C(Cl)C2(C)C1=NC(=O)N2c1ccccc1. The molecule has 20 heavy (non-hydrogen) atoms. The molecule has 2 atom stereocenters. The Morgan fingerprint density at radius 3 is 2.55 bits per heavy atom. The highest BCUT2D eigenvalue weighted by Gasteiger charge is 2.55. The molecular formula is C15H13ClN2O2. The summed E-state index contributed by atoms with van der Waals surface area (Å²) in [5, 5.41) is -0.836. The van der Waals surface area contributed by atoms with E-state index >= 15 is 0 Å². The van der Waals surface area contributed by atoms with Crippen LogP contribution in [0.5, 0.6) is 0 Å². The average Bonchev–Trinajstić information content (AvgIpc) is 2.70. The van der Waals surface area contributed by atoms with Crippen LogP contribution in [-0.2, 0) is 4.79 Å². The van der Waals surface area contributed by atoms with Crippen molar-refractivity contribution in [1.29, 1.82) is 0 Å². The summed E-state index contributed by atoms with van der Waals surface area (Å²) in [6.45, 7) is 3.56. The summed E-state index contributed by atoms with van der Waals surface area (Å²) in [6, 6.07) is 8.76. The third kappa shape index (κ3) is 1.58. The van der Waals surface area contributed by atoms with Gasteiger partial charge in [-0.05, 0) is 37.6 Å². The second-order valence-corrected chi connectivity index (χ2v) is 5.59. The highest BCUT2D eigenvalue weighted by atomic mass is 35.5. The number of fused-ring (bicyclic) bond motifs is 1. The van der Waals surface area contributed by atoms with Crippen LogP contribution in [0.2, 0.25) is 0 Å². The maximum Gasteiger partial charge on any atom is 0.349 e. The van der Waals surface area contributed by atoms with Gasteiger partial charge in [-0.2, -0.15) is 4.99 Å². The molecule has 0 fully saturated rings. The quantitative estimate of drug-likeness (QED) is 0.746. The summed E-state index contributed by atoms with van der Waals surface area (Å²) < 4.78 is 0. The number of allylic oxidation sites excluding steroid dienone is 1. The van der Waals surface area contributed by atoms with Crippen LogP contribution in [0.4, 0.5) is 10.5 Å². The summed E-state index contributed by atoms with van der Waals surface area (Å²) in [7, 11) is 0. The van der Waals surface area contributed by atoms with Crippen molar-refractivity contribution in [1.82, 2.24) is 0 Å². The number of ketones is 1. The summed E-state index contributed by atoms with van der Waals surface area (Å²) >= 11 is 6.32. The average molecular weight is 289 g/mol. The Kier molecular flexibility index (Phi) is 2.80. The first-order chi connectivity index (χ1) is 9.46. The Balaban J connectivity index is 2.19. The molecular weight excluding hydrogens is 276 g/mol. The monoisotopic (exact) mass is 288 g/mol. The van der Waals surface area contributed by atoms with Gasteiger partial charge >= 0.3 is 6.03 Å². The first-order valence-electron chi connectivity index (χ1n) is 6.31. The molecule has 0 radical (unpaired) electrons. The van der Waals surface area contributed by atoms with Crippen LogP contribution < -0.4 is 4.90 Å². The normalized spacial score (nSPS) is 29.1. The molecule has 0 spiro atoms. The molecule has 1 heterocycles. The molecule has 0 saturated heterocycles. The van der Waals surface area contributed by atoms with E-state index in [9.17, 15) is 9.59 Å². The van der Waals surface area contributed by atoms with Gasteiger partial charge in [0.25, 0.3) is 0 Å². The summed E-state index contributed by atoms with van der Waals surface area (Å²) in [5.41, 5.74) is 1.02. The van der Waals surface area contributed by atoms with E-state index in [1.54, 1.807) is 13.8 Å². The van der Waals surface area contributed by atoms with Crippen LogP contribution in [-0.4, -0.2) is 28.4 Å². The number of hydrogen-bond acceptors (Lipinski definition) is 2. The molecule has 5 heteroatoms.